The van der Waals surface area contributed by atoms with Crippen LogP contribution in [0.4, 0.5) is 5.69 Å². The standard InChI is InChI=1S/C17H22N3O3/c18-17(22)14-8-11-23-15-7-3-2-6-13(15)20(14)12-16(21)19-9-4-1-5-10-19/h3,6-7,14H,1,4-5,8-12H2,(H2,18,22). The van der Waals surface area contributed by atoms with Crippen LogP contribution in [0, 0.1) is 6.07 Å². The second-order valence-electron chi connectivity index (χ2n) is 6.02. The zero-order chi connectivity index (χ0) is 16.2. The summed E-state index contributed by atoms with van der Waals surface area (Å²) in [5, 5.41) is 0. The van der Waals surface area contributed by atoms with Crippen molar-refractivity contribution in [3.8, 4) is 5.75 Å². The van der Waals surface area contributed by atoms with E-state index in [2.05, 4.69) is 6.07 Å². The quantitative estimate of drug-likeness (QED) is 0.900. The smallest absolute Gasteiger partial charge is 0.242 e. The lowest BCUT2D eigenvalue weighted by Gasteiger charge is -2.33. The molecule has 2 aliphatic rings. The molecule has 1 atom stereocenters. The maximum absolute atomic E-state index is 12.6. The molecule has 0 bridgehead atoms. The molecule has 1 saturated heterocycles. The normalized spacial score (nSPS) is 21.1. The molecular weight excluding hydrogens is 294 g/mol. The number of primary amides is 1. The van der Waals surface area contributed by atoms with E-state index < -0.39 is 11.9 Å². The van der Waals surface area contributed by atoms with Crippen molar-refractivity contribution in [2.45, 2.75) is 31.7 Å². The van der Waals surface area contributed by atoms with Gasteiger partial charge in [0.05, 0.1) is 18.8 Å². The topological polar surface area (TPSA) is 75.9 Å². The first-order valence-electron chi connectivity index (χ1n) is 8.13. The third-order valence-electron chi connectivity index (χ3n) is 4.48. The van der Waals surface area contributed by atoms with Crippen molar-refractivity contribution in [3.63, 3.8) is 0 Å². The minimum absolute atomic E-state index is 0.0349. The van der Waals surface area contributed by atoms with Crippen molar-refractivity contribution in [2.75, 3.05) is 31.1 Å². The van der Waals surface area contributed by atoms with Crippen molar-refractivity contribution >= 4 is 17.5 Å². The number of likely N-dealkylation sites (tertiary alicyclic amines) is 1. The lowest BCUT2D eigenvalue weighted by molar-refractivity contribution is -0.130. The molecule has 0 saturated carbocycles. The molecule has 2 heterocycles. The van der Waals surface area contributed by atoms with Gasteiger partial charge in [-0.2, -0.15) is 0 Å². The highest BCUT2D eigenvalue weighted by Crippen LogP contribution is 2.32. The Morgan fingerprint density at radius 1 is 1.30 bits per heavy atom. The number of rotatable bonds is 3. The molecule has 6 nitrogen and oxygen atoms in total. The van der Waals surface area contributed by atoms with Crippen LogP contribution in [-0.2, 0) is 9.59 Å². The van der Waals surface area contributed by atoms with Gasteiger partial charge < -0.3 is 20.3 Å². The SMILES string of the molecule is NC(=O)C1CCOc2cc[c]cc2N1CC(=O)N1CCCCC1. The fraction of sp³-hybridized carbons (Fsp3) is 0.529. The van der Waals surface area contributed by atoms with E-state index in [0.717, 1.165) is 25.9 Å². The Kier molecular flexibility index (Phi) is 4.69. The average Bonchev–Trinajstić information content (AvgIpc) is 2.75. The van der Waals surface area contributed by atoms with Crippen molar-refractivity contribution in [1.29, 1.82) is 0 Å². The molecule has 6 heteroatoms. The largest absolute Gasteiger partial charge is 0.491 e. The summed E-state index contributed by atoms with van der Waals surface area (Å²) >= 11 is 0. The number of nitrogens with two attached hydrogens (primary N) is 1. The Morgan fingerprint density at radius 2 is 2.09 bits per heavy atom. The van der Waals surface area contributed by atoms with E-state index in [1.165, 1.54) is 6.42 Å². The van der Waals surface area contributed by atoms with Crippen LogP contribution in [0.2, 0.25) is 0 Å². The Morgan fingerprint density at radius 3 is 2.83 bits per heavy atom. The summed E-state index contributed by atoms with van der Waals surface area (Å²) in [6.07, 6.45) is 3.72. The van der Waals surface area contributed by atoms with Gasteiger partial charge in [-0.15, -0.1) is 0 Å². The van der Waals surface area contributed by atoms with Crippen LogP contribution in [0.15, 0.2) is 18.2 Å². The van der Waals surface area contributed by atoms with Gasteiger partial charge in [0, 0.05) is 19.5 Å². The summed E-state index contributed by atoms with van der Waals surface area (Å²) in [5.74, 6) is 0.267. The molecule has 2 amide bonds. The number of fused-ring (bicyclic) bond motifs is 1. The summed E-state index contributed by atoms with van der Waals surface area (Å²) in [4.78, 5) is 28.2. The average molecular weight is 316 g/mol. The third kappa shape index (κ3) is 3.41. The van der Waals surface area contributed by atoms with Gasteiger partial charge in [-0.1, -0.05) is 6.07 Å². The van der Waals surface area contributed by atoms with Gasteiger partial charge >= 0.3 is 0 Å². The fourth-order valence-electron chi connectivity index (χ4n) is 3.24. The number of anilines is 1. The Bertz CT molecular complexity index is 584. The molecule has 0 aliphatic carbocycles. The number of nitrogens with zero attached hydrogens (tertiary/aromatic N) is 2. The number of carbonyl (C=O) groups is 2. The number of hydrogen-bond donors (Lipinski definition) is 1. The number of carbonyl (C=O) groups excluding carboxylic acids is 2. The number of amides is 2. The van der Waals surface area contributed by atoms with Crippen molar-refractivity contribution < 1.29 is 14.3 Å². The van der Waals surface area contributed by atoms with Crippen LogP contribution in [0.25, 0.3) is 0 Å². The minimum Gasteiger partial charge on any atom is -0.491 e. The second kappa shape index (κ2) is 6.89. The monoisotopic (exact) mass is 316 g/mol. The molecule has 0 aromatic heterocycles. The molecule has 0 spiro atoms. The predicted octanol–water partition coefficient (Wildman–Crippen LogP) is 0.942. The fourth-order valence-corrected chi connectivity index (χ4v) is 3.24. The third-order valence-corrected chi connectivity index (χ3v) is 4.48. The molecule has 1 unspecified atom stereocenters. The summed E-state index contributed by atoms with van der Waals surface area (Å²) in [7, 11) is 0. The second-order valence-corrected chi connectivity index (χ2v) is 6.02. The molecule has 123 valence electrons. The van der Waals surface area contributed by atoms with E-state index in [9.17, 15) is 9.59 Å². The highest BCUT2D eigenvalue weighted by atomic mass is 16.5. The Balaban J connectivity index is 1.85. The Hall–Kier alpha value is -2.24. The number of ether oxygens (including phenoxy) is 1. The van der Waals surface area contributed by atoms with Gasteiger partial charge in [-0.25, -0.2) is 0 Å². The summed E-state index contributed by atoms with van der Waals surface area (Å²) in [6.45, 7) is 2.12. The van der Waals surface area contributed by atoms with Crippen LogP contribution in [0.3, 0.4) is 0 Å². The van der Waals surface area contributed by atoms with E-state index in [1.54, 1.807) is 23.1 Å². The van der Waals surface area contributed by atoms with Gasteiger partial charge in [0.15, 0.2) is 0 Å². The summed E-state index contributed by atoms with van der Waals surface area (Å²) in [6, 6.07) is 7.76. The zero-order valence-electron chi connectivity index (χ0n) is 13.2. The van der Waals surface area contributed by atoms with Crippen LogP contribution in [-0.4, -0.2) is 49.0 Å². The molecular formula is C17H22N3O3. The van der Waals surface area contributed by atoms with Crippen LogP contribution in [0.1, 0.15) is 25.7 Å². The predicted molar refractivity (Wildman–Crippen MR) is 86.1 cm³/mol. The highest BCUT2D eigenvalue weighted by molar-refractivity contribution is 5.89. The van der Waals surface area contributed by atoms with Crippen LogP contribution < -0.4 is 15.4 Å². The molecule has 3 rings (SSSR count). The van der Waals surface area contributed by atoms with Crippen LogP contribution in [0.5, 0.6) is 5.75 Å². The van der Waals surface area contributed by atoms with Crippen molar-refractivity contribution in [3.05, 3.63) is 24.3 Å². The van der Waals surface area contributed by atoms with Crippen LogP contribution >= 0.6 is 0 Å². The van der Waals surface area contributed by atoms with E-state index >= 15 is 0 Å². The van der Waals surface area contributed by atoms with E-state index in [0.29, 0.717) is 24.5 Å². The zero-order valence-corrected chi connectivity index (χ0v) is 13.2. The lowest BCUT2D eigenvalue weighted by atomic mass is 10.1. The molecule has 2 aliphatic heterocycles. The number of piperidine rings is 1. The van der Waals surface area contributed by atoms with Gasteiger partial charge in [-0.3, -0.25) is 9.59 Å². The lowest BCUT2D eigenvalue weighted by Crippen LogP contribution is -2.50. The minimum atomic E-state index is -0.541. The van der Waals surface area contributed by atoms with Gasteiger partial charge in [-0.05, 0) is 37.5 Å². The molecule has 1 aromatic rings. The molecule has 1 fully saturated rings. The first kappa shape index (κ1) is 15.6. The van der Waals surface area contributed by atoms with Crippen molar-refractivity contribution in [2.24, 2.45) is 5.73 Å². The maximum Gasteiger partial charge on any atom is 0.242 e. The van der Waals surface area contributed by atoms with E-state index in [-0.39, 0.29) is 12.5 Å². The number of hydrogen-bond acceptors (Lipinski definition) is 4. The summed E-state index contributed by atoms with van der Waals surface area (Å²) in [5.41, 5.74) is 6.27. The molecule has 23 heavy (non-hydrogen) atoms. The molecule has 1 aromatic carbocycles. The Labute approximate surface area is 136 Å². The van der Waals surface area contributed by atoms with E-state index in [1.807, 2.05) is 4.90 Å². The van der Waals surface area contributed by atoms with Gasteiger partial charge in [0.1, 0.15) is 11.8 Å². The maximum atomic E-state index is 12.6. The van der Waals surface area contributed by atoms with E-state index in [4.69, 9.17) is 10.5 Å². The van der Waals surface area contributed by atoms with Crippen molar-refractivity contribution in [1.82, 2.24) is 4.90 Å². The highest BCUT2D eigenvalue weighted by Gasteiger charge is 2.31. The molecule has 2 N–H and O–H groups in total. The molecule has 1 radical (unpaired) electrons. The van der Waals surface area contributed by atoms with Gasteiger partial charge in [0.25, 0.3) is 0 Å². The first-order valence-corrected chi connectivity index (χ1v) is 8.13. The van der Waals surface area contributed by atoms with Gasteiger partial charge in [0.2, 0.25) is 11.8 Å². The first-order chi connectivity index (χ1) is 11.2. The summed E-state index contributed by atoms with van der Waals surface area (Å²) < 4.78 is 5.69. The number of benzene rings is 1.